The summed E-state index contributed by atoms with van der Waals surface area (Å²) in [5.74, 6) is 1.27. The van der Waals surface area contributed by atoms with Crippen LogP contribution in [-0.2, 0) is 11.8 Å². The monoisotopic (exact) mass is 356 g/mol. The largest absolute Gasteiger partial charge is 0.377 e. The molecule has 1 aliphatic heterocycles. The fourth-order valence-electron chi connectivity index (χ4n) is 5.62. The molecule has 3 fully saturated rings. The Kier molecular flexibility index (Phi) is 3.82. The standard InChI is InChI=1S/C21H25FN2O2/c1-24-16-7-6-14(22)10-13(16)11-17(24)21(25)23-19-15-8-9-26-20(15)18(19)12-4-2-3-5-12/h6-7,10-12,15,18-20H,2-5,8-9H2,1H3,(H,23,25)/t15-,18+,19+,20-/m1/s1. The number of carbonyl (C=O) groups is 1. The molecule has 0 bridgehead atoms. The summed E-state index contributed by atoms with van der Waals surface area (Å²) in [7, 11) is 1.87. The second-order valence-electron chi connectivity index (χ2n) is 8.20. The lowest BCUT2D eigenvalue weighted by Crippen LogP contribution is -2.63. The molecule has 138 valence electrons. The Balaban J connectivity index is 1.40. The van der Waals surface area contributed by atoms with Crippen LogP contribution in [0.4, 0.5) is 4.39 Å². The van der Waals surface area contributed by atoms with Crippen LogP contribution in [0.1, 0.15) is 42.6 Å². The third-order valence-electron chi connectivity index (χ3n) is 6.92. The summed E-state index contributed by atoms with van der Waals surface area (Å²) in [4.78, 5) is 13.0. The number of fused-ring (bicyclic) bond motifs is 2. The molecule has 4 nitrogen and oxygen atoms in total. The van der Waals surface area contributed by atoms with Crippen LogP contribution in [0.3, 0.4) is 0 Å². The van der Waals surface area contributed by atoms with Gasteiger partial charge in [0.25, 0.3) is 5.91 Å². The first-order valence-corrected chi connectivity index (χ1v) is 9.81. The number of aromatic nitrogens is 1. The number of ether oxygens (including phenoxy) is 1. The van der Waals surface area contributed by atoms with Crippen molar-refractivity contribution < 1.29 is 13.9 Å². The van der Waals surface area contributed by atoms with Crippen LogP contribution in [0, 0.1) is 23.6 Å². The van der Waals surface area contributed by atoms with E-state index in [0.717, 1.165) is 23.9 Å². The van der Waals surface area contributed by atoms with Gasteiger partial charge in [-0.05, 0) is 36.6 Å². The van der Waals surface area contributed by atoms with Crippen LogP contribution in [0.5, 0.6) is 0 Å². The minimum atomic E-state index is -0.277. The maximum atomic E-state index is 13.5. The van der Waals surface area contributed by atoms with Gasteiger partial charge in [-0.1, -0.05) is 25.7 Å². The Hall–Kier alpha value is -1.88. The zero-order valence-corrected chi connectivity index (χ0v) is 15.1. The molecule has 2 aliphatic carbocycles. The lowest BCUT2D eigenvalue weighted by Gasteiger charge is -2.50. The van der Waals surface area contributed by atoms with Gasteiger partial charge in [0.15, 0.2) is 0 Å². The Morgan fingerprint density at radius 1 is 1.23 bits per heavy atom. The molecular weight excluding hydrogens is 331 g/mol. The van der Waals surface area contributed by atoms with Gasteiger partial charge in [-0.25, -0.2) is 4.39 Å². The topological polar surface area (TPSA) is 43.3 Å². The molecule has 2 saturated carbocycles. The van der Waals surface area contributed by atoms with Gasteiger partial charge in [0.2, 0.25) is 0 Å². The summed E-state index contributed by atoms with van der Waals surface area (Å²) >= 11 is 0. The van der Waals surface area contributed by atoms with Gasteiger partial charge in [-0.2, -0.15) is 0 Å². The number of halogens is 1. The normalized spacial score (nSPS) is 31.2. The lowest BCUT2D eigenvalue weighted by atomic mass is 9.61. The van der Waals surface area contributed by atoms with Crippen LogP contribution in [0.2, 0.25) is 0 Å². The highest BCUT2D eigenvalue weighted by Crippen LogP contribution is 2.51. The van der Waals surface area contributed by atoms with Gasteiger partial charge in [-0.3, -0.25) is 4.79 Å². The molecule has 1 aromatic carbocycles. The summed E-state index contributed by atoms with van der Waals surface area (Å²) in [6, 6.07) is 6.66. The Labute approximate surface area is 152 Å². The van der Waals surface area contributed by atoms with E-state index in [2.05, 4.69) is 5.32 Å². The highest BCUT2D eigenvalue weighted by Gasteiger charge is 2.57. The Bertz CT molecular complexity index is 850. The van der Waals surface area contributed by atoms with Crippen molar-refractivity contribution in [1.82, 2.24) is 9.88 Å². The maximum absolute atomic E-state index is 13.5. The molecular formula is C21H25FN2O2. The summed E-state index contributed by atoms with van der Waals surface area (Å²) in [5, 5.41) is 4.08. The maximum Gasteiger partial charge on any atom is 0.268 e. The fraction of sp³-hybridized carbons (Fsp3) is 0.571. The van der Waals surface area contributed by atoms with E-state index in [1.54, 1.807) is 12.1 Å². The van der Waals surface area contributed by atoms with Crippen LogP contribution < -0.4 is 5.32 Å². The molecule has 0 unspecified atom stereocenters. The first-order valence-electron chi connectivity index (χ1n) is 9.81. The van der Waals surface area contributed by atoms with E-state index in [0.29, 0.717) is 29.6 Å². The first-order chi connectivity index (χ1) is 12.6. The molecule has 5 rings (SSSR count). The SMILES string of the molecule is Cn1c(C(=O)N[C@H]2[C@H]3CCO[C@H]3[C@H]2C2CCCC2)cc2cc(F)ccc21. The molecule has 0 spiro atoms. The van der Waals surface area contributed by atoms with Crippen LogP contribution >= 0.6 is 0 Å². The van der Waals surface area contributed by atoms with Crippen molar-refractivity contribution >= 4 is 16.8 Å². The minimum absolute atomic E-state index is 0.0533. The summed E-state index contributed by atoms with van der Waals surface area (Å²) in [6.07, 6.45) is 6.50. The van der Waals surface area contributed by atoms with Crippen molar-refractivity contribution in [3.8, 4) is 0 Å². The fourth-order valence-corrected chi connectivity index (χ4v) is 5.62. The minimum Gasteiger partial charge on any atom is -0.377 e. The second kappa shape index (κ2) is 6.08. The number of nitrogens with zero attached hydrogens (tertiary/aromatic N) is 1. The molecule has 1 saturated heterocycles. The lowest BCUT2D eigenvalue weighted by molar-refractivity contribution is -0.0785. The molecule has 26 heavy (non-hydrogen) atoms. The van der Waals surface area contributed by atoms with Gasteiger partial charge in [0.05, 0.1) is 6.10 Å². The molecule has 0 radical (unpaired) electrons. The predicted octanol–water partition coefficient (Wildman–Crippen LogP) is 3.64. The van der Waals surface area contributed by atoms with Crippen LogP contribution in [0.25, 0.3) is 10.9 Å². The predicted molar refractivity (Wildman–Crippen MR) is 97.4 cm³/mol. The summed E-state index contributed by atoms with van der Waals surface area (Å²) < 4.78 is 21.3. The van der Waals surface area contributed by atoms with Crippen molar-refractivity contribution in [3.05, 3.63) is 35.8 Å². The van der Waals surface area contributed by atoms with Gasteiger partial charge in [0.1, 0.15) is 11.5 Å². The second-order valence-corrected chi connectivity index (χ2v) is 8.20. The summed E-state index contributed by atoms with van der Waals surface area (Å²) in [5.41, 5.74) is 1.47. The highest BCUT2D eigenvalue weighted by molar-refractivity contribution is 5.99. The van der Waals surface area contributed by atoms with Crippen molar-refractivity contribution in [2.24, 2.45) is 24.8 Å². The van der Waals surface area contributed by atoms with Crippen molar-refractivity contribution in [2.75, 3.05) is 6.61 Å². The first kappa shape index (κ1) is 16.3. The molecule has 2 aromatic rings. The molecule has 1 amide bonds. The molecule has 1 N–H and O–H groups in total. The van der Waals surface area contributed by atoms with E-state index in [1.165, 1.54) is 37.8 Å². The number of carbonyl (C=O) groups excluding carboxylic acids is 1. The molecule has 5 heteroatoms. The number of amides is 1. The van der Waals surface area contributed by atoms with Crippen molar-refractivity contribution in [1.29, 1.82) is 0 Å². The van der Waals surface area contributed by atoms with E-state index in [-0.39, 0.29) is 17.8 Å². The van der Waals surface area contributed by atoms with Crippen molar-refractivity contribution in [3.63, 3.8) is 0 Å². The van der Waals surface area contributed by atoms with E-state index >= 15 is 0 Å². The van der Waals surface area contributed by atoms with Crippen LogP contribution in [0.15, 0.2) is 24.3 Å². The number of hydrogen-bond acceptors (Lipinski definition) is 2. The van der Waals surface area contributed by atoms with Gasteiger partial charge < -0.3 is 14.6 Å². The quantitative estimate of drug-likeness (QED) is 0.912. The van der Waals surface area contributed by atoms with Gasteiger partial charge >= 0.3 is 0 Å². The zero-order chi connectivity index (χ0) is 17.8. The molecule has 4 atom stereocenters. The zero-order valence-electron chi connectivity index (χ0n) is 15.1. The number of rotatable bonds is 3. The average molecular weight is 356 g/mol. The van der Waals surface area contributed by atoms with E-state index in [4.69, 9.17) is 4.74 Å². The number of aryl methyl sites for hydroxylation is 1. The van der Waals surface area contributed by atoms with Crippen LogP contribution in [-0.4, -0.2) is 29.2 Å². The Morgan fingerprint density at radius 2 is 2.04 bits per heavy atom. The van der Waals surface area contributed by atoms with Gasteiger partial charge in [0, 0.05) is 42.4 Å². The summed E-state index contributed by atoms with van der Waals surface area (Å²) in [6.45, 7) is 0.818. The third kappa shape index (κ3) is 2.40. The van der Waals surface area contributed by atoms with Gasteiger partial charge in [-0.15, -0.1) is 0 Å². The molecule has 3 aliphatic rings. The Morgan fingerprint density at radius 3 is 2.85 bits per heavy atom. The van der Waals surface area contributed by atoms with E-state index < -0.39 is 0 Å². The smallest absolute Gasteiger partial charge is 0.268 e. The number of hydrogen-bond donors (Lipinski definition) is 1. The molecule has 2 heterocycles. The average Bonchev–Trinajstić information content (AvgIpc) is 3.33. The number of benzene rings is 1. The third-order valence-corrected chi connectivity index (χ3v) is 6.92. The molecule has 1 aromatic heterocycles. The number of nitrogens with one attached hydrogen (secondary N) is 1. The van der Waals surface area contributed by atoms with E-state index in [9.17, 15) is 9.18 Å². The van der Waals surface area contributed by atoms with Crippen molar-refractivity contribution in [2.45, 2.75) is 44.2 Å². The van der Waals surface area contributed by atoms with E-state index in [1.807, 2.05) is 11.6 Å². The highest BCUT2D eigenvalue weighted by atomic mass is 19.1.